The summed E-state index contributed by atoms with van der Waals surface area (Å²) in [5.41, 5.74) is 1.87. The zero-order valence-corrected chi connectivity index (χ0v) is 15.8. The number of anilines is 1. The molecule has 0 aliphatic heterocycles. The van der Waals surface area contributed by atoms with E-state index in [1.165, 1.54) is 4.68 Å². The van der Waals surface area contributed by atoms with Crippen LogP contribution in [0.3, 0.4) is 0 Å². The van der Waals surface area contributed by atoms with Gasteiger partial charge in [0.2, 0.25) is 0 Å². The lowest BCUT2D eigenvalue weighted by atomic mass is 10.1. The maximum atomic E-state index is 12.1. The molecule has 1 aromatic carbocycles. The van der Waals surface area contributed by atoms with E-state index in [1.54, 1.807) is 45.2 Å². The van der Waals surface area contributed by atoms with Crippen LogP contribution in [-0.2, 0) is 16.6 Å². The molecule has 2 heterocycles. The Morgan fingerprint density at radius 2 is 1.93 bits per heavy atom. The standard InChI is InChI=1S/C19H18ClN3O4/c1-11-8-15(12(2)27-11)19(25)26-10-18(24)21-17-9-16(22-23(17)3)13-4-6-14(20)7-5-13/h4-9H,10H2,1-3H3,(H,21,24). The number of ether oxygens (including phenoxy) is 1. The largest absolute Gasteiger partial charge is 0.466 e. The molecule has 0 aliphatic rings. The Labute approximate surface area is 160 Å². The van der Waals surface area contributed by atoms with E-state index >= 15 is 0 Å². The van der Waals surface area contributed by atoms with E-state index in [0.29, 0.717) is 33.6 Å². The highest BCUT2D eigenvalue weighted by molar-refractivity contribution is 6.30. The SMILES string of the molecule is Cc1cc(C(=O)OCC(=O)Nc2cc(-c3ccc(Cl)cc3)nn2C)c(C)o1. The number of halogens is 1. The molecule has 0 radical (unpaired) electrons. The summed E-state index contributed by atoms with van der Waals surface area (Å²) in [6, 6.07) is 10.5. The number of carbonyl (C=O) groups is 2. The minimum atomic E-state index is -0.605. The molecule has 140 valence electrons. The van der Waals surface area contributed by atoms with Crippen LogP contribution in [0.1, 0.15) is 21.9 Å². The van der Waals surface area contributed by atoms with Crippen LogP contribution in [0, 0.1) is 13.8 Å². The molecule has 0 fully saturated rings. The maximum Gasteiger partial charge on any atom is 0.342 e. The van der Waals surface area contributed by atoms with Gasteiger partial charge in [-0.15, -0.1) is 0 Å². The first-order chi connectivity index (χ1) is 12.8. The summed E-state index contributed by atoms with van der Waals surface area (Å²) in [6.07, 6.45) is 0. The van der Waals surface area contributed by atoms with Gasteiger partial charge < -0.3 is 14.5 Å². The quantitative estimate of drug-likeness (QED) is 0.674. The van der Waals surface area contributed by atoms with Gasteiger partial charge >= 0.3 is 5.97 Å². The summed E-state index contributed by atoms with van der Waals surface area (Å²) in [4.78, 5) is 24.1. The molecule has 27 heavy (non-hydrogen) atoms. The molecule has 0 saturated carbocycles. The number of nitrogens with one attached hydrogen (secondary N) is 1. The number of aryl methyl sites for hydroxylation is 3. The molecule has 0 bridgehead atoms. The van der Waals surface area contributed by atoms with Gasteiger partial charge in [-0.3, -0.25) is 9.48 Å². The highest BCUT2D eigenvalue weighted by Crippen LogP contribution is 2.23. The second-order valence-electron chi connectivity index (χ2n) is 6.00. The lowest BCUT2D eigenvalue weighted by Gasteiger charge is -2.06. The second kappa shape index (κ2) is 7.67. The van der Waals surface area contributed by atoms with Gasteiger partial charge in [0.25, 0.3) is 5.91 Å². The summed E-state index contributed by atoms with van der Waals surface area (Å²) in [5, 5.41) is 7.67. The molecule has 0 aliphatic carbocycles. The Morgan fingerprint density at radius 3 is 2.56 bits per heavy atom. The first-order valence-electron chi connectivity index (χ1n) is 8.17. The number of nitrogens with zero attached hydrogens (tertiary/aromatic N) is 2. The lowest BCUT2D eigenvalue weighted by molar-refractivity contribution is -0.119. The van der Waals surface area contributed by atoms with Crippen molar-refractivity contribution in [2.45, 2.75) is 13.8 Å². The van der Waals surface area contributed by atoms with Crippen LogP contribution < -0.4 is 5.32 Å². The minimum Gasteiger partial charge on any atom is -0.466 e. The molecular formula is C19H18ClN3O4. The van der Waals surface area contributed by atoms with Crippen molar-refractivity contribution in [2.24, 2.45) is 7.05 Å². The fourth-order valence-corrected chi connectivity index (χ4v) is 2.69. The van der Waals surface area contributed by atoms with Crippen molar-refractivity contribution in [3.05, 3.63) is 58.5 Å². The van der Waals surface area contributed by atoms with Crippen molar-refractivity contribution in [3.8, 4) is 11.3 Å². The van der Waals surface area contributed by atoms with Gasteiger partial charge in [0.05, 0.1) is 5.69 Å². The van der Waals surface area contributed by atoms with E-state index in [9.17, 15) is 9.59 Å². The highest BCUT2D eigenvalue weighted by Gasteiger charge is 2.17. The first kappa shape index (κ1) is 18.7. The number of amides is 1. The number of hydrogen-bond acceptors (Lipinski definition) is 5. The van der Waals surface area contributed by atoms with E-state index in [4.69, 9.17) is 20.8 Å². The van der Waals surface area contributed by atoms with E-state index in [-0.39, 0.29) is 0 Å². The van der Waals surface area contributed by atoms with Crippen LogP contribution in [0.25, 0.3) is 11.3 Å². The normalized spacial score (nSPS) is 10.7. The van der Waals surface area contributed by atoms with Crippen LogP contribution >= 0.6 is 11.6 Å². The molecule has 8 heteroatoms. The Balaban J connectivity index is 1.62. The summed E-state index contributed by atoms with van der Waals surface area (Å²) in [5.74, 6) is 0.472. The van der Waals surface area contributed by atoms with Crippen LogP contribution in [0.2, 0.25) is 5.02 Å². The third-order valence-electron chi connectivity index (χ3n) is 3.88. The monoisotopic (exact) mass is 387 g/mol. The van der Waals surface area contributed by atoms with Gasteiger partial charge in [-0.25, -0.2) is 4.79 Å². The summed E-state index contributed by atoms with van der Waals surface area (Å²) in [7, 11) is 1.71. The molecule has 0 atom stereocenters. The third-order valence-corrected chi connectivity index (χ3v) is 4.13. The molecule has 0 unspecified atom stereocenters. The number of hydrogen-bond donors (Lipinski definition) is 1. The third kappa shape index (κ3) is 4.38. The number of benzene rings is 1. The minimum absolute atomic E-state index is 0.311. The predicted octanol–water partition coefficient (Wildman–Crippen LogP) is 3.75. The van der Waals surface area contributed by atoms with E-state index in [2.05, 4.69) is 10.4 Å². The summed E-state index contributed by atoms with van der Waals surface area (Å²) >= 11 is 5.89. The molecule has 7 nitrogen and oxygen atoms in total. The molecule has 3 aromatic rings. The Bertz CT molecular complexity index is 989. The number of carbonyl (C=O) groups excluding carboxylic acids is 2. The van der Waals surface area contributed by atoms with Gasteiger partial charge in [-0.1, -0.05) is 23.7 Å². The van der Waals surface area contributed by atoms with E-state index in [1.807, 2.05) is 12.1 Å². The smallest absolute Gasteiger partial charge is 0.342 e. The van der Waals surface area contributed by atoms with Gasteiger partial charge in [0, 0.05) is 23.7 Å². The number of aromatic nitrogens is 2. The van der Waals surface area contributed by atoms with Crippen molar-refractivity contribution in [1.29, 1.82) is 0 Å². The Kier molecular flexibility index (Phi) is 5.32. The molecule has 1 amide bonds. The zero-order chi connectivity index (χ0) is 19.6. The maximum absolute atomic E-state index is 12.1. The van der Waals surface area contributed by atoms with Gasteiger partial charge in [0.15, 0.2) is 6.61 Å². The van der Waals surface area contributed by atoms with Crippen molar-refractivity contribution in [2.75, 3.05) is 11.9 Å². The highest BCUT2D eigenvalue weighted by atomic mass is 35.5. The fraction of sp³-hybridized carbons (Fsp3) is 0.211. The molecule has 1 N–H and O–H groups in total. The van der Waals surface area contributed by atoms with Crippen molar-refractivity contribution in [1.82, 2.24) is 9.78 Å². The zero-order valence-electron chi connectivity index (χ0n) is 15.1. The van der Waals surface area contributed by atoms with Crippen LogP contribution in [0.15, 0.2) is 40.8 Å². The topological polar surface area (TPSA) is 86.4 Å². The molecule has 0 spiro atoms. The summed E-state index contributed by atoms with van der Waals surface area (Å²) in [6.45, 7) is 2.98. The molecule has 0 saturated heterocycles. The van der Waals surface area contributed by atoms with Crippen LogP contribution in [0.4, 0.5) is 5.82 Å². The molecule has 2 aromatic heterocycles. The van der Waals surface area contributed by atoms with Gasteiger partial charge in [0.1, 0.15) is 22.9 Å². The lowest BCUT2D eigenvalue weighted by Crippen LogP contribution is -2.22. The van der Waals surface area contributed by atoms with Gasteiger partial charge in [-0.2, -0.15) is 5.10 Å². The first-order valence-corrected chi connectivity index (χ1v) is 8.55. The summed E-state index contributed by atoms with van der Waals surface area (Å²) < 4.78 is 11.9. The Hall–Kier alpha value is -3.06. The van der Waals surface area contributed by atoms with Crippen molar-refractivity contribution in [3.63, 3.8) is 0 Å². The number of rotatable bonds is 5. The van der Waals surface area contributed by atoms with Crippen LogP contribution in [-0.4, -0.2) is 28.3 Å². The average Bonchev–Trinajstić information content (AvgIpc) is 3.15. The predicted molar refractivity (Wildman–Crippen MR) is 101 cm³/mol. The fourth-order valence-electron chi connectivity index (χ4n) is 2.57. The number of furan rings is 1. The number of esters is 1. The molecule has 3 rings (SSSR count). The van der Waals surface area contributed by atoms with E-state index in [0.717, 1.165) is 5.56 Å². The van der Waals surface area contributed by atoms with Crippen molar-refractivity contribution >= 4 is 29.3 Å². The average molecular weight is 388 g/mol. The van der Waals surface area contributed by atoms with Gasteiger partial charge in [-0.05, 0) is 32.0 Å². The second-order valence-corrected chi connectivity index (χ2v) is 6.43. The van der Waals surface area contributed by atoms with E-state index < -0.39 is 18.5 Å². The van der Waals surface area contributed by atoms with Crippen molar-refractivity contribution < 1.29 is 18.7 Å². The van der Waals surface area contributed by atoms with Crippen LogP contribution in [0.5, 0.6) is 0 Å². The Morgan fingerprint density at radius 1 is 1.22 bits per heavy atom. The molecular weight excluding hydrogens is 370 g/mol.